The van der Waals surface area contributed by atoms with Crippen LogP contribution in [0.2, 0.25) is 5.02 Å². The first-order chi connectivity index (χ1) is 8.20. The van der Waals surface area contributed by atoms with Crippen molar-refractivity contribution >= 4 is 29.0 Å². The first kappa shape index (κ1) is 11.4. The average Bonchev–Trinajstić information content (AvgIpc) is 2.82. The highest BCUT2D eigenvalue weighted by atomic mass is 35.5. The number of hydrogen-bond acceptors (Lipinski definition) is 4. The Morgan fingerprint density at radius 2 is 2.29 bits per heavy atom. The third-order valence-corrected chi connectivity index (χ3v) is 2.41. The zero-order valence-electron chi connectivity index (χ0n) is 8.99. The minimum absolute atomic E-state index is 0.296. The van der Waals surface area contributed by atoms with Crippen molar-refractivity contribution in [1.29, 1.82) is 0 Å². The van der Waals surface area contributed by atoms with E-state index in [0.29, 0.717) is 22.1 Å². The predicted molar refractivity (Wildman–Crippen MR) is 65.3 cm³/mol. The highest BCUT2D eigenvalue weighted by Gasteiger charge is 2.12. The molecule has 2 aromatic heterocycles. The molecule has 6 nitrogen and oxygen atoms in total. The number of hydrogen-bond donors (Lipinski definition) is 3. The lowest BCUT2D eigenvalue weighted by atomic mass is 10.2. The van der Waals surface area contributed by atoms with Gasteiger partial charge in [0, 0.05) is 19.4 Å². The van der Waals surface area contributed by atoms with E-state index in [1.165, 1.54) is 12.4 Å². The van der Waals surface area contributed by atoms with Crippen LogP contribution >= 0.6 is 11.6 Å². The molecule has 2 heterocycles. The second kappa shape index (κ2) is 4.84. The van der Waals surface area contributed by atoms with Gasteiger partial charge in [-0.1, -0.05) is 11.6 Å². The van der Waals surface area contributed by atoms with Crippen molar-refractivity contribution in [2.45, 2.75) is 0 Å². The van der Waals surface area contributed by atoms with Crippen LogP contribution in [-0.4, -0.2) is 28.1 Å². The molecule has 88 valence electrons. The molecule has 17 heavy (non-hydrogen) atoms. The van der Waals surface area contributed by atoms with Gasteiger partial charge in [-0.05, 0) is 6.07 Å². The van der Waals surface area contributed by atoms with Gasteiger partial charge >= 0.3 is 0 Å². The van der Waals surface area contributed by atoms with Gasteiger partial charge in [-0.2, -0.15) is 5.10 Å². The van der Waals surface area contributed by atoms with Crippen LogP contribution in [0.3, 0.4) is 0 Å². The number of carbonyl (C=O) groups is 1. The van der Waals surface area contributed by atoms with E-state index < -0.39 is 0 Å². The largest absolute Gasteiger partial charge is 0.373 e. The smallest absolute Gasteiger partial charge is 0.257 e. The minimum Gasteiger partial charge on any atom is -0.373 e. The van der Waals surface area contributed by atoms with Crippen LogP contribution in [0.4, 0.5) is 11.5 Å². The average molecular weight is 252 g/mol. The van der Waals surface area contributed by atoms with E-state index in [1.807, 2.05) is 0 Å². The maximum Gasteiger partial charge on any atom is 0.257 e. The normalized spacial score (nSPS) is 10.0. The summed E-state index contributed by atoms with van der Waals surface area (Å²) in [5, 5.41) is 12.1. The van der Waals surface area contributed by atoms with Gasteiger partial charge in [-0.3, -0.25) is 9.89 Å². The van der Waals surface area contributed by atoms with E-state index in [1.54, 1.807) is 19.3 Å². The Balaban J connectivity index is 2.24. The summed E-state index contributed by atoms with van der Waals surface area (Å²) >= 11 is 5.91. The predicted octanol–water partition coefficient (Wildman–Crippen LogP) is 1.75. The molecule has 0 unspecified atom stereocenters. The molecule has 0 aliphatic carbocycles. The molecular weight excluding hydrogens is 242 g/mol. The van der Waals surface area contributed by atoms with Crippen LogP contribution in [0.25, 0.3) is 0 Å². The fraction of sp³-hybridized carbons (Fsp3) is 0.100. The summed E-state index contributed by atoms with van der Waals surface area (Å²) in [5.41, 5.74) is 0.932. The van der Waals surface area contributed by atoms with Crippen molar-refractivity contribution in [2.24, 2.45) is 0 Å². The zero-order valence-corrected chi connectivity index (χ0v) is 9.75. The van der Waals surface area contributed by atoms with E-state index in [-0.39, 0.29) is 5.91 Å². The van der Waals surface area contributed by atoms with Gasteiger partial charge in [0.1, 0.15) is 5.82 Å². The Labute approximate surface area is 102 Å². The molecule has 3 N–H and O–H groups in total. The zero-order chi connectivity index (χ0) is 12.3. The molecule has 0 saturated heterocycles. The van der Waals surface area contributed by atoms with Crippen molar-refractivity contribution in [1.82, 2.24) is 15.2 Å². The molecule has 0 bridgehead atoms. The standard InChI is InChI=1S/C10H10ClN5O/c1-12-9-2-7(8(11)5-13-9)10(17)16-6-3-14-15-4-6/h2-5H,1H3,(H,12,13)(H,14,15)(H,16,17). The summed E-state index contributed by atoms with van der Waals surface area (Å²) in [5.74, 6) is 0.266. The third kappa shape index (κ3) is 2.54. The van der Waals surface area contributed by atoms with Gasteiger partial charge in [0.25, 0.3) is 5.91 Å². The van der Waals surface area contributed by atoms with Gasteiger partial charge in [0.2, 0.25) is 0 Å². The molecule has 0 saturated carbocycles. The number of H-pyrrole nitrogens is 1. The van der Waals surface area contributed by atoms with Crippen molar-refractivity contribution in [2.75, 3.05) is 17.7 Å². The number of nitrogens with zero attached hydrogens (tertiary/aromatic N) is 2. The Bertz CT molecular complexity index is 525. The number of aromatic nitrogens is 3. The quantitative estimate of drug-likeness (QED) is 0.776. The Morgan fingerprint density at radius 3 is 2.94 bits per heavy atom. The van der Waals surface area contributed by atoms with Crippen molar-refractivity contribution < 1.29 is 4.79 Å². The van der Waals surface area contributed by atoms with Crippen LogP contribution in [0.15, 0.2) is 24.7 Å². The molecule has 0 spiro atoms. The fourth-order valence-electron chi connectivity index (χ4n) is 1.27. The first-order valence-electron chi connectivity index (χ1n) is 4.84. The molecule has 2 aromatic rings. The summed E-state index contributed by atoms with van der Waals surface area (Å²) in [6, 6.07) is 1.58. The topological polar surface area (TPSA) is 82.7 Å². The third-order valence-electron chi connectivity index (χ3n) is 2.11. The molecule has 0 radical (unpaired) electrons. The van der Waals surface area contributed by atoms with Gasteiger partial charge < -0.3 is 10.6 Å². The monoisotopic (exact) mass is 251 g/mol. The molecule has 1 amide bonds. The Morgan fingerprint density at radius 1 is 1.47 bits per heavy atom. The van der Waals surface area contributed by atoms with Crippen LogP contribution < -0.4 is 10.6 Å². The number of aromatic amines is 1. The van der Waals surface area contributed by atoms with Crippen LogP contribution in [0.5, 0.6) is 0 Å². The van der Waals surface area contributed by atoms with Crippen LogP contribution in [0.1, 0.15) is 10.4 Å². The number of anilines is 2. The van der Waals surface area contributed by atoms with Gasteiger partial charge in [0.15, 0.2) is 0 Å². The second-order valence-corrected chi connectivity index (χ2v) is 3.65. The van der Waals surface area contributed by atoms with E-state index in [0.717, 1.165) is 0 Å². The lowest BCUT2D eigenvalue weighted by Crippen LogP contribution is -2.12. The second-order valence-electron chi connectivity index (χ2n) is 3.24. The summed E-state index contributed by atoms with van der Waals surface area (Å²) in [6.45, 7) is 0. The van der Waals surface area contributed by atoms with Gasteiger partial charge in [-0.25, -0.2) is 4.98 Å². The van der Waals surface area contributed by atoms with Crippen LogP contribution in [0, 0.1) is 0 Å². The molecule has 0 aliphatic rings. The number of nitrogens with one attached hydrogen (secondary N) is 3. The summed E-state index contributed by atoms with van der Waals surface area (Å²) in [7, 11) is 1.72. The molecule has 0 atom stereocenters. The lowest BCUT2D eigenvalue weighted by Gasteiger charge is -2.06. The lowest BCUT2D eigenvalue weighted by molar-refractivity contribution is 0.102. The highest BCUT2D eigenvalue weighted by molar-refractivity contribution is 6.34. The maximum absolute atomic E-state index is 11.9. The Kier molecular flexibility index (Phi) is 3.24. The molecule has 2 rings (SSSR count). The fourth-order valence-corrected chi connectivity index (χ4v) is 1.46. The highest BCUT2D eigenvalue weighted by Crippen LogP contribution is 2.19. The Hall–Kier alpha value is -2.08. The number of rotatable bonds is 3. The first-order valence-corrected chi connectivity index (χ1v) is 5.22. The van der Waals surface area contributed by atoms with E-state index in [9.17, 15) is 4.79 Å². The molecule has 7 heteroatoms. The SMILES string of the molecule is CNc1cc(C(=O)Nc2cn[nH]c2)c(Cl)cn1. The molecule has 0 aliphatic heterocycles. The summed E-state index contributed by atoms with van der Waals surface area (Å²) in [4.78, 5) is 15.9. The summed E-state index contributed by atoms with van der Waals surface area (Å²) < 4.78 is 0. The molecule has 0 aromatic carbocycles. The number of carbonyl (C=O) groups excluding carboxylic acids is 1. The summed E-state index contributed by atoms with van der Waals surface area (Å²) in [6.07, 6.45) is 4.51. The maximum atomic E-state index is 11.9. The minimum atomic E-state index is -0.310. The van der Waals surface area contributed by atoms with Crippen molar-refractivity contribution in [3.8, 4) is 0 Å². The van der Waals surface area contributed by atoms with E-state index in [4.69, 9.17) is 11.6 Å². The molecular formula is C10H10ClN5O. The van der Waals surface area contributed by atoms with Crippen molar-refractivity contribution in [3.05, 3.63) is 35.2 Å². The van der Waals surface area contributed by atoms with Gasteiger partial charge in [0.05, 0.1) is 22.5 Å². The number of amides is 1. The van der Waals surface area contributed by atoms with E-state index in [2.05, 4.69) is 25.8 Å². The van der Waals surface area contributed by atoms with Crippen LogP contribution in [-0.2, 0) is 0 Å². The number of halogens is 1. The number of pyridine rings is 1. The van der Waals surface area contributed by atoms with Crippen molar-refractivity contribution in [3.63, 3.8) is 0 Å². The molecule has 0 fully saturated rings. The van der Waals surface area contributed by atoms with Gasteiger partial charge in [-0.15, -0.1) is 0 Å². The van der Waals surface area contributed by atoms with E-state index >= 15 is 0 Å².